The molecule has 2 N–H and O–H groups in total. The van der Waals surface area contributed by atoms with Gasteiger partial charge in [0.15, 0.2) is 11.5 Å². The highest BCUT2D eigenvalue weighted by Gasteiger charge is 2.23. The molecule has 0 saturated carbocycles. The third-order valence-corrected chi connectivity index (χ3v) is 3.44. The number of nitrogens with zero attached hydrogens (tertiary/aromatic N) is 1. The molecule has 0 aromatic heterocycles. The number of benzene rings is 1. The summed E-state index contributed by atoms with van der Waals surface area (Å²) in [5, 5.41) is 16.1. The first-order chi connectivity index (χ1) is 9.97. The predicted octanol–water partition coefficient (Wildman–Crippen LogP) is 2.20. The Balaban J connectivity index is 2.04. The fourth-order valence-electron chi connectivity index (χ4n) is 2.33. The first-order valence-electron chi connectivity index (χ1n) is 6.61. The lowest BCUT2D eigenvalue weighted by Crippen LogP contribution is -2.16. The van der Waals surface area contributed by atoms with Crippen molar-refractivity contribution in [3.63, 3.8) is 0 Å². The number of nitrogens with one attached hydrogen (secondary N) is 2. The van der Waals surface area contributed by atoms with Gasteiger partial charge in [0.25, 0.3) is 5.69 Å². The molecule has 0 bridgehead atoms. The molecule has 1 heterocycles. The highest BCUT2D eigenvalue weighted by atomic mass is 19.1. The Morgan fingerprint density at radius 3 is 2.86 bits per heavy atom. The van der Waals surface area contributed by atoms with E-state index in [1.165, 1.54) is 0 Å². The first-order valence-corrected chi connectivity index (χ1v) is 6.61. The highest BCUT2D eigenvalue weighted by molar-refractivity contribution is 5.93. The number of hydrogen-bond donors (Lipinski definition) is 2. The second kappa shape index (κ2) is 6.57. The number of anilines is 1. The van der Waals surface area contributed by atoms with Crippen LogP contribution in [-0.2, 0) is 4.79 Å². The van der Waals surface area contributed by atoms with E-state index in [2.05, 4.69) is 10.6 Å². The van der Waals surface area contributed by atoms with Crippen LogP contribution in [0.25, 0.3) is 0 Å². The zero-order valence-corrected chi connectivity index (χ0v) is 11.2. The van der Waals surface area contributed by atoms with Gasteiger partial charge in [-0.25, -0.2) is 8.78 Å². The number of carbonyl (C=O) groups is 1. The minimum absolute atomic E-state index is 0.139. The molecule has 0 spiro atoms. The first kappa shape index (κ1) is 15.3. The maximum absolute atomic E-state index is 13.6. The molecule has 1 fully saturated rings. The lowest BCUT2D eigenvalue weighted by molar-refractivity contribution is -0.384. The van der Waals surface area contributed by atoms with Crippen LogP contribution < -0.4 is 10.6 Å². The van der Waals surface area contributed by atoms with Crippen molar-refractivity contribution >= 4 is 17.3 Å². The van der Waals surface area contributed by atoms with Gasteiger partial charge >= 0.3 is 0 Å². The molecule has 2 rings (SSSR count). The molecule has 6 nitrogen and oxygen atoms in total. The van der Waals surface area contributed by atoms with Gasteiger partial charge in [-0.15, -0.1) is 0 Å². The van der Waals surface area contributed by atoms with E-state index in [9.17, 15) is 23.7 Å². The molecule has 1 atom stereocenters. The molecule has 0 radical (unpaired) electrons. The van der Waals surface area contributed by atoms with Crippen LogP contribution in [0.15, 0.2) is 12.1 Å². The summed E-state index contributed by atoms with van der Waals surface area (Å²) in [6.07, 6.45) is 1.73. The van der Waals surface area contributed by atoms with E-state index in [0.717, 1.165) is 19.5 Å². The van der Waals surface area contributed by atoms with Gasteiger partial charge in [0.2, 0.25) is 5.91 Å². The molecule has 8 heteroatoms. The number of amides is 1. The maximum atomic E-state index is 13.6. The van der Waals surface area contributed by atoms with Gasteiger partial charge in [0.05, 0.1) is 11.0 Å². The Kier molecular flexibility index (Phi) is 4.79. The summed E-state index contributed by atoms with van der Waals surface area (Å²) >= 11 is 0. The molecule has 1 amide bonds. The van der Waals surface area contributed by atoms with Crippen molar-refractivity contribution in [1.29, 1.82) is 0 Å². The van der Waals surface area contributed by atoms with E-state index in [-0.39, 0.29) is 6.42 Å². The van der Waals surface area contributed by atoms with Crippen LogP contribution in [0, 0.1) is 27.7 Å². The van der Waals surface area contributed by atoms with Crippen molar-refractivity contribution in [2.45, 2.75) is 19.3 Å². The fraction of sp³-hybridized carbons (Fsp3) is 0.462. The molecule has 1 unspecified atom stereocenters. The smallest absolute Gasteiger partial charge is 0.298 e. The van der Waals surface area contributed by atoms with Crippen molar-refractivity contribution in [3.05, 3.63) is 33.9 Å². The van der Waals surface area contributed by atoms with Crippen molar-refractivity contribution in [1.82, 2.24) is 5.32 Å². The van der Waals surface area contributed by atoms with Crippen molar-refractivity contribution < 1.29 is 18.5 Å². The van der Waals surface area contributed by atoms with Gasteiger partial charge in [-0.05, 0) is 31.8 Å². The van der Waals surface area contributed by atoms with Crippen LogP contribution in [0.5, 0.6) is 0 Å². The number of nitro groups is 1. The van der Waals surface area contributed by atoms with Gasteiger partial charge in [-0.1, -0.05) is 0 Å². The normalized spacial score (nSPS) is 17.7. The van der Waals surface area contributed by atoms with E-state index in [1.807, 2.05) is 0 Å². The number of carbonyl (C=O) groups excluding carboxylic acids is 1. The predicted molar refractivity (Wildman–Crippen MR) is 71.9 cm³/mol. The molecule has 1 aromatic carbocycles. The van der Waals surface area contributed by atoms with E-state index in [1.54, 1.807) is 0 Å². The molecule has 1 aliphatic heterocycles. The summed E-state index contributed by atoms with van der Waals surface area (Å²) in [6.45, 7) is 1.74. The number of nitro benzene ring substituents is 1. The van der Waals surface area contributed by atoms with Gasteiger partial charge in [0.1, 0.15) is 5.82 Å². The van der Waals surface area contributed by atoms with Crippen LogP contribution >= 0.6 is 0 Å². The lowest BCUT2D eigenvalue weighted by Gasteiger charge is -2.09. The lowest BCUT2D eigenvalue weighted by atomic mass is 10.0. The van der Waals surface area contributed by atoms with E-state index >= 15 is 0 Å². The molecule has 1 saturated heterocycles. The van der Waals surface area contributed by atoms with Crippen LogP contribution in [-0.4, -0.2) is 23.9 Å². The Bertz CT molecular complexity index is 560. The molecular formula is C13H15F2N3O3. The van der Waals surface area contributed by atoms with Crippen molar-refractivity contribution in [2.24, 2.45) is 5.92 Å². The standard InChI is InChI=1S/C13H15F2N3O3/c14-9-5-10(15)13(11(6-9)18(20)21)17-12(19)2-1-8-3-4-16-7-8/h5-6,8,16H,1-4,7H2,(H,17,19). The van der Waals surface area contributed by atoms with Crippen LogP contribution in [0.4, 0.5) is 20.2 Å². The SMILES string of the molecule is O=C(CCC1CCNC1)Nc1c(F)cc(F)cc1[N+](=O)[O-]. The minimum Gasteiger partial charge on any atom is -0.318 e. The second-order valence-corrected chi connectivity index (χ2v) is 4.98. The molecule has 1 aromatic rings. The molecular weight excluding hydrogens is 284 g/mol. The van der Waals surface area contributed by atoms with Crippen LogP contribution in [0.2, 0.25) is 0 Å². The fourth-order valence-corrected chi connectivity index (χ4v) is 2.33. The number of hydrogen-bond acceptors (Lipinski definition) is 4. The van der Waals surface area contributed by atoms with Crippen molar-refractivity contribution in [3.8, 4) is 0 Å². The van der Waals surface area contributed by atoms with Gasteiger partial charge in [-0.3, -0.25) is 14.9 Å². The highest BCUT2D eigenvalue weighted by Crippen LogP contribution is 2.29. The molecule has 1 aliphatic rings. The molecule has 0 aliphatic carbocycles. The molecule has 114 valence electrons. The average molecular weight is 299 g/mol. The Hall–Kier alpha value is -2.09. The van der Waals surface area contributed by atoms with Gasteiger partial charge < -0.3 is 10.6 Å². The van der Waals surface area contributed by atoms with E-state index in [4.69, 9.17) is 0 Å². The summed E-state index contributed by atoms with van der Waals surface area (Å²) in [4.78, 5) is 21.6. The Morgan fingerprint density at radius 2 is 2.24 bits per heavy atom. The zero-order valence-electron chi connectivity index (χ0n) is 11.2. The molecule has 21 heavy (non-hydrogen) atoms. The summed E-state index contributed by atoms with van der Waals surface area (Å²) in [7, 11) is 0. The summed E-state index contributed by atoms with van der Waals surface area (Å²) in [5.41, 5.74) is -1.38. The number of halogens is 2. The van der Waals surface area contributed by atoms with E-state index in [0.29, 0.717) is 24.5 Å². The largest absolute Gasteiger partial charge is 0.318 e. The quantitative estimate of drug-likeness (QED) is 0.645. The maximum Gasteiger partial charge on any atom is 0.298 e. The topological polar surface area (TPSA) is 84.3 Å². The Morgan fingerprint density at radius 1 is 1.48 bits per heavy atom. The van der Waals surface area contributed by atoms with Gasteiger partial charge in [-0.2, -0.15) is 0 Å². The summed E-state index contributed by atoms with van der Waals surface area (Å²) in [6, 6.07) is 1.09. The third-order valence-electron chi connectivity index (χ3n) is 3.44. The minimum atomic E-state index is -1.16. The van der Waals surface area contributed by atoms with Crippen LogP contribution in [0.3, 0.4) is 0 Å². The summed E-state index contributed by atoms with van der Waals surface area (Å²) in [5.74, 6) is -2.36. The second-order valence-electron chi connectivity index (χ2n) is 4.98. The number of rotatable bonds is 5. The van der Waals surface area contributed by atoms with Gasteiger partial charge in [0, 0.05) is 12.5 Å². The van der Waals surface area contributed by atoms with E-state index < -0.39 is 33.8 Å². The average Bonchev–Trinajstić information content (AvgIpc) is 2.92. The Labute approximate surface area is 119 Å². The third kappa shape index (κ3) is 3.94. The monoisotopic (exact) mass is 299 g/mol. The van der Waals surface area contributed by atoms with Crippen LogP contribution in [0.1, 0.15) is 19.3 Å². The van der Waals surface area contributed by atoms with Crippen molar-refractivity contribution in [2.75, 3.05) is 18.4 Å². The summed E-state index contributed by atoms with van der Waals surface area (Å²) < 4.78 is 26.6. The zero-order chi connectivity index (χ0) is 15.4.